The molecule has 10 atom stereocenters. The number of hydrogen-bond acceptors (Lipinski definition) is 6. The SMILES string of the molecule is CC1=C2OC(C)(C1)C(O[C@@H]1O[C@H](C)C[C@H](N(C)C)[C@H]1O)C(C)CC(C)C(=O)NCC(C)CC2C. The van der Waals surface area contributed by atoms with E-state index in [2.05, 4.69) is 39.9 Å². The molecular weight excluding hydrogens is 432 g/mol. The number of likely N-dealkylation sites (N-methyl/N-ethyl adjacent to an activating group) is 1. The van der Waals surface area contributed by atoms with Gasteiger partial charge in [-0.3, -0.25) is 4.79 Å². The summed E-state index contributed by atoms with van der Waals surface area (Å²) in [5, 5.41) is 14.3. The first-order valence-electron chi connectivity index (χ1n) is 13.1. The predicted octanol–water partition coefficient (Wildman–Crippen LogP) is 3.71. The van der Waals surface area contributed by atoms with Crippen LogP contribution in [0.15, 0.2) is 11.3 Å². The Morgan fingerprint density at radius 2 is 1.76 bits per heavy atom. The van der Waals surface area contributed by atoms with Crippen LogP contribution >= 0.6 is 0 Å². The smallest absolute Gasteiger partial charge is 0.222 e. The van der Waals surface area contributed by atoms with Gasteiger partial charge in [-0.1, -0.05) is 27.7 Å². The molecule has 2 fully saturated rings. The van der Waals surface area contributed by atoms with Crippen LogP contribution in [0.4, 0.5) is 0 Å². The molecule has 1 amide bonds. The van der Waals surface area contributed by atoms with Crippen LogP contribution in [0, 0.1) is 23.7 Å². The molecule has 2 N–H and O–H groups in total. The number of nitrogens with one attached hydrogen (secondary N) is 1. The summed E-state index contributed by atoms with van der Waals surface area (Å²) in [5.41, 5.74) is 0.680. The number of amides is 1. The fraction of sp³-hybridized carbons (Fsp3) is 0.889. The minimum Gasteiger partial charge on any atom is -0.489 e. The zero-order chi connectivity index (χ0) is 25.4. The molecule has 0 aliphatic carbocycles. The number of hydrogen-bond donors (Lipinski definition) is 2. The first-order chi connectivity index (χ1) is 15.8. The molecule has 3 aliphatic heterocycles. The summed E-state index contributed by atoms with van der Waals surface area (Å²) in [6.07, 6.45) is 1.27. The van der Waals surface area contributed by atoms with Crippen LogP contribution in [0.1, 0.15) is 74.1 Å². The molecule has 7 nitrogen and oxygen atoms in total. The van der Waals surface area contributed by atoms with Gasteiger partial charge in [0.1, 0.15) is 17.8 Å². The molecular formula is C27H48N2O5. The van der Waals surface area contributed by atoms with Gasteiger partial charge in [0.25, 0.3) is 0 Å². The van der Waals surface area contributed by atoms with Crippen molar-refractivity contribution in [3.8, 4) is 0 Å². The molecule has 196 valence electrons. The van der Waals surface area contributed by atoms with Gasteiger partial charge in [0.2, 0.25) is 5.91 Å². The van der Waals surface area contributed by atoms with Crippen molar-refractivity contribution in [3.63, 3.8) is 0 Å². The summed E-state index contributed by atoms with van der Waals surface area (Å²) < 4.78 is 19.6. The van der Waals surface area contributed by atoms with Crippen molar-refractivity contribution in [1.29, 1.82) is 0 Å². The molecule has 0 aromatic carbocycles. The van der Waals surface area contributed by atoms with Crippen molar-refractivity contribution in [2.24, 2.45) is 23.7 Å². The van der Waals surface area contributed by atoms with E-state index >= 15 is 0 Å². The fourth-order valence-electron chi connectivity index (χ4n) is 6.38. The van der Waals surface area contributed by atoms with E-state index in [0.29, 0.717) is 18.9 Å². The number of fused-ring (bicyclic) bond motifs is 2. The molecule has 2 saturated heterocycles. The van der Waals surface area contributed by atoms with Crippen molar-refractivity contribution < 1.29 is 24.1 Å². The minimum atomic E-state index is -0.762. The van der Waals surface area contributed by atoms with Crippen LogP contribution in [-0.4, -0.2) is 72.8 Å². The molecule has 7 heteroatoms. The van der Waals surface area contributed by atoms with Gasteiger partial charge in [-0.2, -0.15) is 0 Å². The van der Waals surface area contributed by atoms with Crippen molar-refractivity contribution in [3.05, 3.63) is 11.3 Å². The van der Waals surface area contributed by atoms with Crippen molar-refractivity contribution >= 4 is 5.91 Å². The largest absolute Gasteiger partial charge is 0.489 e. The number of aliphatic hydroxyl groups is 1. The Morgan fingerprint density at radius 3 is 2.41 bits per heavy atom. The van der Waals surface area contributed by atoms with Gasteiger partial charge in [0.15, 0.2) is 6.29 Å². The lowest BCUT2D eigenvalue weighted by atomic mass is 9.81. The lowest BCUT2D eigenvalue weighted by molar-refractivity contribution is -0.293. The Balaban J connectivity index is 1.92. The first kappa shape index (κ1) is 27.4. The van der Waals surface area contributed by atoms with E-state index in [-0.39, 0.29) is 41.9 Å². The topological polar surface area (TPSA) is 80.3 Å². The predicted molar refractivity (Wildman–Crippen MR) is 133 cm³/mol. The van der Waals surface area contributed by atoms with E-state index in [9.17, 15) is 9.90 Å². The standard InChI is InChI=1S/C27H48N2O5/c1-15-10-16(2)23-19(5)13-27(7,34-23)24(17(3)11-18(4)25(31)28-14-15)33-26-22(30)21(29(8)9)12-20(6)32-26/h15-18,20-22,24,26,30H,10-14H2,1-9H3,(H,28,31)/t15?,16?,17?,18?,20-,21+,22-,24?,26+,27?/m1/s1. The van der Waals surface area contributed by atoms with Gasteiger partial charge < -0.3 is 29.5 Å². The second-order valence-electron chi connectivity index (χ2n) is 12.0. The van der Waals surface area contributed by atoms with Crippen LogP contribution in [0.3, 0.4) is 0 Å². The minimum absolute atomic E-state index is 0.0233. The normalized spacial score (nSPS) is 44.7. The van der Waals surface area contributed by atoms with Crippen molar-refractivity contribution in [2.75, 3.05) is 20.6 Å². The van der Waals surface area contributed by atoms with Crippen LogP contribution in [0.5, 0.6) is 0 Å². The van der Waals surface area contributed by atoms with Crippen LogP contribution in [-0.2, 0) is 19.0 Å². The fourth-order valence-corrected chi connectivity index (χ4v) is 6.38. The molecule has 3 rings (SSSR count). The van der Waals surface area contributed by atoms with Crippen molar-refractivity contribution in [2.45, 2.75) is 110 Å². The molecule has 0 spiro atoms. The van der Waals surface area contributed by atoms with Gasteiger partial charge in [-0.15, -0.1) is 0 Å². The summed E-state index contributed by atoms with van der Waals surface area (Å²) in [6, 6.07) is -0.0437. The zero-order valence-corrected chi connectivity index (χ0v) is 22.8. The zero-order valence-electron chi connectivity index (χ0n) is 22.8. The summed E-state index contributed by atoms with van der Waals surface area (Å²) in [4.78, 5) is 14.9. The second-order valence-corrected chi connectivity index (χ2v) is 12.0. The number of nitrogens with zero attached hydrogens (tertiary/aromatic N) is 1. The highest BCUT2D eigenvalue weighted by molar-refractivity contribution is 5.78. The number of rotatable bonds is 3. The van der Waals surface area contributed by atoms with E-state index in [1.165, 1.54) is 5.57 Å². The van der Waals surface area contributed by atoms with E-state index < -0.39 is 18.0 Å². The molecule has 6 unspecified atom stereocenters. The van der Waals surface area contributed by atoms with Gasteiger partial charge in [-0.05, 0) is 71.5 Å². The quantitative estimate of drug-likeness (QED) is 0.641. The molecule has 0 saturated carbocycles. The van der Waals surface area contributed by atoms with Crippen molar-refractivity contribution in [1.82, 2.24) is 10.2 Å². The maximum absolute atomic E-state index is 12.8. The number of aliphatic hydroxyl groups excluding tert-OH is 1. The molecule has 2 bridgehead atoms. The molecule has 0 aromatic heterocycles. The number of allylic oxidation sites excluding steroid dienone is 1. The number of ether oxygens (including phenoxy) is 3. The number of carbonyl (C=O) groups is 1. The third-order valence-corrected chi connectivity index (χ3v) is 8.06. The Labute approximate surface area is 206 Å². The Bertz CT molecular complexity index is 755. The molecule has 34 heavy (non-hydrogen) atoms. The molecule has 0 aromatic rings. The average Bonchev–Trinajstić information content (AvgIpc) is 3.06. The highest BCUT2D eigenvalue weighted by atomic mass is 16.7. The van der Waals surface area contributed by atoms with E-state index in [4.69, 9.17) is 14.2 Å². The summed E-state index contributed by atoms with van der Waals surface area (Å²) in [5.74, 6) is 1.65. The van der Waals surface area contributed by atoms with Crippen LogP contribution < -0.4 is 5.32 Å². The number of carbonyl (C=O) groups excluding carboxylic acids is 1. The molecule has 0 radical (unpaired) electrons. The Hall–Kier alpha value is -1.15. The maximum atomic E-state index is 12.8. The third-order valence-electron chi connectivity index (χ3n) is 8.06. The third kappa shape index (κ3) is 5.97. The Morgan fingerprint density at radius 1 is 1.09 bits per heavy atom. The van der Waals surface area contributed by atoms with Crippen LogP contribution in [0.25, 0.3) is 0 Å². The van der Waals surface area contributed by atoms with Gasteiger partial charge in [0.05, 0.1) is 11.9 Å². The highest BCUT2D eigenvalue weighted by Crippen LogP contribution is 2.45. The second kappa shape index (κ2) is 10.9. The average molecular weight is 481 g/mol. The maximum Gasteiger partial charge on any atom is 0.222 e. The lowest BCUT2D eigenvalue weighted by Crippen LogP contribution is -2.57. The van der Waals surface area contributed by atoms with Crippen LogP contribution in [0.2, 0.25) is 0 Å². The van der Waals surface area contributed by atoms with Gasteiger partial charge in [-0.25, -0.2) is 0 Å². The Kier molecular flexibility index (Phi) is 8.76. The summed E-state index contributed by atoms with van der Waals surface area (Å²) in [6.45, 7) is 15.5. The van der Waals surface area contributed by atoms with E-state index in [0.717, 1.165) is 25.0 Å². The van der Waals surface area contributed by atoms with Gasteiger partial charge in [0, 0.05) is 30.8 Å². The van der Waals surface area contributed by atoms with E-state index in [1.807, 2.05) is 32.8 Å². The highest BCUT2D eigenvalue weighted by Gasteiger charge is 2.50. The lowest BCUT2D eigenvalue weighted by Gasteiger charge is -2.46. The summed E-state index contributed by atoms with van der Waals surface area (Å²) >= 11 is 0. The molecule has 3 heterocycles. The summed E-state index contributed by atoms with van der Waals surface area (Å²) in [7, 11) is 3.96. The van der Waals surface area contributed by atoms with E-state index in [1.54, 1.807) is 0 Å². The first-order valence-corrected chi connectivity index (χ1v) is 13.1. The monoisotopic (exact) mass is 480 g/mol. The van der Waals surface area contributed by atoms with Gasteiger partial charge >= 0.3 is 0 Å². The molecule has 3 aliphatic rings.